The van der Waals surface area contributed by atoms with E-state index >= 15 is 0 Å². The van der Waals surface area contributed by atoms with Crippen molar-refractivity contribution in [1.82, 2.24) is 0 Å². The molecule has 0 saturated heterocycles. The average molecular weight is 527 g/mol. The highest BCUT2D eigenvalue weighted by Crippen LogP contribution is 2.68. The van der Waals surface area contributed by atoms with E-state index in [1.807, 2.05) is 18.2 Å². The molecular formula is C33H50O5. The normalized spacial score (nSPS) is 44.1. The molecule has 1 aromatic rings. The van der Waals surface area contributed by atoms with Gasteiger partial charge in [-0.2, -0.15) is 0 Å². The van der Waals surface area contributed by atoms with Crippen molar-refractivity contribution in [2.24, 2.45) is 52.3 Å². The number of carbonyl (C=O) groups excluding carboxylic acids is 1. The molecule has 5 heteroatoms. The SMILES string of the molecule is CC(C)[C@H](c1ccccc1)[C@@H](O)[C@H](O)[C@@H](C)[C@H]1CC[C@H]2[C@@H]3CC(=O)[C@H]4C[C@H](O)[C@H](O)C[C@]4(C)[C@H]3CC[C@]12C. The van der Waals surface area contributed by atoms with Gasteiger partial charge in [-0.1, -0.05) is 65.0 Å². The van der Waals surface area contributed by atoms with Crippen molar-refractivity contribution in [3.8, 4) is 0 Å². The molecule has 0 aliphatic heterocycles. The Labute approximate surface area is 229 Å². The second-order valence-corrected chi connectivity index (χ2v) is 14.4. The molecule has 4 aliphatic rings. The molecule has 4 saturated carbocycles. The molecule has 0 spiro atoms. The van der Waals surface area contributed by atoms with Crippen molar-refractivity contribution in [2.75, 3.05) is 0 Å². The molecule has 4 fully saturated rings. The summed E-state index contributed by atoms with van der Waals surface area (Å²) in [5.41, 5.74) is 0.845. The zero-order chi connectivity index (χ0) is 27.6. The number of fused-ring (bicyclic) bond motifs is 5. The van der Waals surface area contributed by atoms with Gasteiger partial charge in [0.05, 0.1) is 24.4 Å². The van der Waals surface area contributed by atoms with E-state index in [9.17, 15) is 25.2 Å². The molecule has 0 radical (unpaired) electrons. The second-order valence-electron chi connectivity index (χ2n) is 14.4. The number of benzene rings is 1. The minimum absolute atomic E-state index is 0.0254. The molecule has 0 unspecified atom stereocenters. The highest BCUT2D eigenvalue weighted by molar-refractivity contribution is 5.83. The fraction of sp³-hybridized carbons (Fsp3) is 0.788. The first-order chi connectivity index (χ1) is 17.9. The lowest BCUT2D eigenvalue weighted by Gasteiger charge is -2.61. The zero-order valence-corrected chi connectivity index (χ0v) is 24.0. The van der Waals surface area contributed by atoms with Crippen LogP contribution in [0.5, 0.6) is 0 Å². The van der Waals surface area contributed by atoms with Crippen LogP contribution in [0.15, 0.2) is 30.3 Å². The first-order valence-corrected chi connectivity index (χ1v) is 15.2. The maximum absolute atomic E-state index is 13.5. The fourth-order valence-corrected chi connectivity index (χ4v) is 10.4. The Morgan fingerprint density at radius 1 is 0.868 bits per heavy atom. The van der Waals surface area contributed by atoms with Crippen LogP contribution in [-0.4, -0.2) is 50.6 Å². The number of hydrogen-bond acceptors (Lipinski definition) is 5. The van der Waals surface area contributed by atoms with E-state index in [1.54, 1.807) is 0 Å². The molecule has 0 amide bonds. The zero-order valence-electron chi connectivity index (χ0n) is 24.0. The number of aliphatic hydroxyl groups is 4. The Bertz CT molecular complexity index is 994. The van der Waals surface area contributed by atoms with Gasteiger partial charge in [0, 0.05) is 18.3 Å². The van der Waals surface area contributed by atoms with Crippen molar-refractivity contribution in [2.45, 2.75) is 110 Å². The largest absolute Gasteiger partial charge is 0.390 e. The monoisotopic (exact) mass is 526 g/mol. The van der Waals surface area contributed by atoms with Crippen molar-refractivity contribution in [1.29, 1.82) is 0 Å². The molecule has 4 aliphatic carbocycles. The highest BCUT2D eigenvalue weighted by atomic mass is 16.3. The van der Waals surface area contributed by atoms with Gasteiger partial charge in [-0.3, -0.25) is 4.79 Å². The summed E-state index contributed by atoms with van der Waals surface area (Å²) in [5, 5.41) is 44.0. The topological polar surface area (TPSA) is 98.0 Å². The average Bonchev–Trinajstić information content (AvgIpc) is 3.22. The van der Waals surface area contributed by atoms with Crippen LogP contribution in [0.25, 0.3) is 0 Å². The molecule has 4 N–H and O–H groups in total. The number of Topliss-reactive ketones (excluding diaryl/α,β-unsaturated/α-hetero) is 1. The van der Waals surface area contributed by atoms with Crippen LogP contribution in [0.2, 0.25) is 0 Å². The highest BCUT2D eigenvalue weighted by Gasteiger charge is 2.63. The number of ketones is 1. The third-order valence-electron chi connectivity index (χ3n) is 12.3. The molecule has 5 rings (SSSR count). The lowest BCUT2D eigenvalue weighted by Crippen LogP contribution is -2.59. The summed E-state index contributed by atoms with van der Waals surface area (Å²) in [7, 11) is 0. The molecule has 38 heavy (non-hydrogen) atoms. The Morgan fingerprint density at radius 3 is 2.18 bits per heavy atom. The number of carbonyl (C=O) groups is 1. The van der Waals surface area contributed by atoms with E-state index in [1.165, 1.54) is 0 Å². The van der Waals surface area contributed by atoms with E-state index in [0.717, 1.165) is 31.2 Å². The quantitative estimate of drug-likeness (QED) is 0.420. The van der Waals surface area contributed by atoms with Crippen LogP contribution in [0.1, 0.15) is 91.0 Å². The number of hydrogen-bond donors (Lipinski definition) is 4. The molecule has 212 valence electrons. The summed E-state index contributed by atoms with van der Waals surface area (Å²) in [6, 6.07) is 10.1. The second kappa shape index (κ2) is 10.3. The molecule has 1 aromatic carbocycles. The fourth-order valence-electron chi connectivity index (χ4n) is 10.4. The summed E-state index contributed by atoms with van der Waals surface area (Å²) in [4.78, 5) is 13.5. The first-order valence-electron chi connectivity index (χ1n) is 15.2. The molecule has 0 bridgehead atoms. The maximum atomic E-state index is 13.5. The molecule has 13 atom stereocenters. The minimum atomic E-state index is -0.836. The molecular weight excluding hydrogens is 476 g/mol. The smallest absolute Gasteiger partial charge is 0.136 e. The lowest BCUT2D eigenvalue weighted by molar-refractivity contribution is -0.175. The summed E-state index contributed by atoms with van der Waals surface area (Å²) >= 11 is 0. The molecule has 0 aromatic heterocycles. The van der Waals surface area contributed by atoms with Crippen molar-refractivity contribution < 1.29 is 25.2 Å². The summed E-state index contributed by atoms with van der Waals surface area (Å²) in [6.07, 6.45) is 2.45. The minimum Gasteiger partial charge on any atom is -0.390 e. The van der Waals surface area contributed by atoms with Gasteiger partial charge in [0.25, 0.3) is 0 Å². The van der Waals surface area contributed by atoms with Gasteiger partial charge in [-0.25, -0.2) is 0 Å². The van der Waals surface area contributed by atoms with E-state index < -0.39 is 24.4 Å². The summed E-state index contributed by atoms with van der Waals surface area (Å²) < 4.78 is 0. The lowest BCUT2D eigenvalue weighted by atomic mass is 9.44. The Balaban J connectivity index is 1.36. The van der Waals surface area contributed by atoms with E-state index in [2.05, 4.69) is 46.8 Å². The summed E-state index contributed by atoms with van der Waals surface area (Å²) in [6.45, 7) is 10.9. The van der Waals surface area contributed by atoms with Gasteiger partial charge in [0.2, 0.25) is 0 Å². The third kappa shape index (κ3) is 4.40. The van der Waals surface area contributed by atoms with Crippen molar-refractivity contribution in [3.63, 3.8) is 0 Å². The van der Waals surface area contributed by atoms with Crippen molar-refractivity contribution >= 4 is 5.78 Å². The predicted octanol–water partition coefficient (Wildman–Crippen LogP) is 4.95. The number of aliphatic hydroxyl groups excluding tert-OH is 4. The van der Waals surface area contributed by atoms with Crippen LogP contribution >= 0.6 is 0 Å². The Hall–Kier alpha value is -1.27. The maximum Gasteiger partial charge on any atom is 0.136 e. The van der Waals surface area contributed by atoms with Crippen LogP contribution in [0.3, 0.4) is 0 Å². The van der Waals surface area contributed by atoms with Crippen LogP contribution in [0, 0.1) is 52.3 Å². The predicted molar refractivity (Wildman–Crippen MR) is 148 cm³/mol. The van der Waals surface area contributed by atoms with Gasteiger partial charge >= 0.3 is 0 Å². The molecule has 0 heterocycles. The van der Waals surface area contributed by atoms with Crippen LogP contribution < -0.4 is 0 Å². The van der Waals surface area contributed by atoms with E-state index in [0.29, 0.717) is 42.9 Å². The third-order valence-corrected chi connectivity index (χ3v) is 12.3. The Kier molecular flexibility index (Phi) is 7.65. The van der Waals surface area contributed by atoms with E-state index in [-0.39, 0.29) is 40.3 Å². The first kappa shape index (κ1) is 28.3. The van der Waals surface area contributed by atoms with Gasteiger partial charge in [0.1, 0.15) is 5.78 Å². The number of rotatable bonds is 6. The van der Waals surface area contributed by atoms with Gasteiger partial charge in [-0.15, -0.1) is 0 Å². The van der Waals surface area contributed by atoms with Crippen LogP contribution in [-0.2, 0) is 4.79 Å². The molecule has 5 nitrogen and oxygen atoms in total. The standard InChI is InChI=1S/C33H50O5/c1-18(2)29(20-9-7-6-8-10-20)31(38)30(37)19(3)22-11-12-23-21-15-26(34)25-16-27(35)28(36)17-33(25,5)24(21)13-14-32(22,23)4/h6-10,18-19,21-25,27-31,35-38H,11-17H2,1-5H3/t19-,21-,22+,23-,24-,25+,27-,28+,29+,30+,31+,32+,33+/m0/s1. The summed E-state index contributed by atoms with van der Waals surface area (Å²) in [5.74, 6) is 1.55. The van der Waals surface area contributed by atoms with Crippen LogP contribution in [0.4, 0.5) is 0 Å². The van der Waals surface area contributed by atoms with Gasteiger partial charge in [-0.05, 0) is 90.4 Å². The Morgan fingerprint density at radius 2 is 1.53 bits per heavy atom. The van der Waals surface area contributed by atoms with Gasteiger partial charge < -0.3 is 20.4 Å². The van der Waals surface area contributed by atoms with E-state index in [4.69, 9.17) is 0 Å². The van der Waals surface area contributed by atoms with Gasteiger partial charge in [0.15, 0.2) is 0 Å². The van der Waals surface area contributed by atoms with Crippen molar-refractivity contribution in [3.05, 3.63) is 35.9 Å².